The second-order valence-electron chi connectivity index (χ2n) is 7.27. The molecule has 2 amide bonds. The quantitative estimate of drug-likeness (QED) is 0.799. The predicted molar refractivity (Wildman–Crippen MR) is 94.4 cm³/mol. The fourth-order valence-corrected chi connectivity index (χ4v) is 4.58. The maximum Gasteiger partial charge on any atom is 0.317 e. The number of benzene rings is 1. The number of fused-ring (bicyclic) bond motifs is 2. The normalized spacial score (nSPS) is 25.3. The van der Waals surface area contributed by atoms with Crippen LogP contribution in [0.4, 0.5) is 4.79 Å². The minimum Gasteiger partial charge on any atom is -0.481 e. The van der Waals surface area contributed by atoms with E-state index in [1.165, 1.54) is 10.9 Å². The van der Waals surface area contributed by atoms with Crippen molar-refractivity contribution in [2.45, 2.75) is 25.7 Å². The lowest BCUT2D eigenvalue weighted by atomic mass is 9.81. The number of H-pyrrole nitrogens is 1. The molecule has 25 heavy (non-hydrogen) atoms. The van der Waals surface area contributed by atoms with E-state index in [4.69, 9.17) is 0 Å². The number of amides is 2. The second kappa shape index (κ2) is 6.10. The molecule has 0 bridgehead atoms. The first-order valence-electron chi connectivity index (χ1n) is 8.91. The van der Waals surface area contributed by atoms with E-state index in [0.717, 1.165) is 24.8 Å². The molecular weight excluding hydrogens is 318 g/mol. The third-order valence-corrected chi connectivity index (χ3v) is 5.94. The lowest BCUT2D eigenvalue weighted by Crippen LogP contribution is -2.42. The summed E-state index contributed by atoms with van der Waals surface area (Å²) in [5.41, 5.74) is 1.58. The molecule has 1 aliphatic carbocycles. The van der Waals surface area contributed by atoms with Gasteiger partial charge in [-0.05, 0) is 42.9 Å². The highest BCUT2D eigenvalue weighted by molar-refractivity contribution is 5.83. The minimum atomic E-state index is -0.746. The molecule has 1 saturated carbocycles. The molecule has 4 rings (SSSR count). The number of carbonyl (C=O) groups excluding carboxylic acids is 1. The molecule has 2 aromatic rings. The van der Waals surface area contributed by atoms with Gasteiger partial charge in [-0.1, -0.05) is 18.6 Å². The maximum absolute atomic E-state index is 12.5. The van der Waals surface area contributed by atoms with Gasteiger partial charge in [0.15, 0.2) is 0 Å². The van der Waals surface area contributed by atoms with Crippen molar-refractivity contribution in [3.05, 3.63) is 36.0 Å². The highest BCUT2D eigenvalue weighted by atomic mass is 16.4. The SMILES string of the molecule is O=C(NCCc1cccc2[nH]ccc12)N1C[C@@H]2CCC[C@@]2(C(=O)O)C1. The summed E-state index contributed by atoms with van der Waals surface area (Å²) in [7, 11) is 0. The van der Waals surface area contributed by atoms with Crippen molar-refractivity contribution in [3.63, 3.8) is 0 Å². The molecule has 0 radical (unpaired) electrons. The van der Waals surface area contributed by atoms with Crippen molar-refractivity contribution in [1.82, 2.24) is 15.2 Å². The average Bonchev–Trinajstić information content (AvgIpc) is 3.28. The van der Waals surface area contributed by atoms with Gasteiger partial charge < -0.3 is 20.3 Å². The number of rotatable bonds is 4. The third kappa shape index (κ3) is 2.65. The molecule has 6 nitrogen and oxygen atoms in total. The standard InChI is InChI=1S/C19H23N3O3/c23-17(24)19-8-2-4-14(19)11-22(12-19)18(25)21-9-6-13-3-1-5-16-15(13)7-10-20-16/h1,3,5,7,10,14,20H,2,4,6,8-9,11-12H2,(H,21,25)(H,23,24)/t14-,19+/m0/s1. The molecule has 2 atom stereocenters. The number of hydrogen-bond acceptors (Lipinski definition) is 2. The largest absolute Gasteiger partial charge is 0.481 e. The Hall–Kier alpha value is -2.50. The molecule has 6 heteroatoms. The summed E-state index contributed by atoms with van der Waals surface area (Å²) in [5, 5.41) is 13.8. The van der Waals surface area contributed by atoms with Crippen LogP contribution in [0, 0.1) is 11.3 Å². The Morgan fingerprint density at radius 3 is 3.04 bits per heavy atom. The van der Waals surface area contributed by atoms with E-state index in [0.29, 0.717) is 26.1 Å². The van der Waals surface area contributed by atoms with Crippen LogP contribution in [0.1, 0.15) is 24.8 Å². The number of aromatic amines is 1. The van der Waals surface area contributed by atoms with Gasteiger partial charge in [0, 0.05) is 36.7 Å². The molecule has 2 heterocycles. The zero-order valence-electron chi connectivity index (χ0n) is 14.1. The van der Waals surface area contributed by atoms with Gasteiger partial charge in [0.05, 0.1) is 5.41 Å². The number of carboxylic acid groups (broad SMARTS) is 1. The van der Waals surface area contributed by atoms with Crippen LogP contribution in [-0.2, 0) is 11.2 Å². The van der Waals surface area contributed by atoms with Gasteiger partial charge >= 0.3 is 12.0 Å². The van der Waals surface area contributed by atoms with E-state index in [1.54, 1.807) is 4.90 Å². The van der Waals surface area contributed by atoms with Crippen LogP contribution in [0.2, 0.25) is 0 Å². The Balaban J connectivity index is 1.36. The molecule has 1 aromatic heterocycles. The molecular formula is C19H23N3O3. The van der Waals surface area contributed by atoms with Crippen LogP contribution in [0.15, 0.2) is 30.5 Å². The van der Waals surface area contributed by atoms with Gasteiger partial charge in [0.25, 0.3) is 0 Å². The van der Waals surface area contributed by atoms with Crippen LogP contribution in [0.5, 0.6) is 0 Å². The maximum atomic E-state index is 12.5. The zero-order valence-corrected chi connectivity index (χ0v) is 14.1. The summed E-state index contributed by atoms with van der Waals surface area (Å²) in [6, 6.07) is 8.02. The van der Waals surface area contributed by atoms with Gasteiger partial charge in [-0.25, -0.2) is 4.79 Å². The van der Waals surface area contributed by atoms with Gasteiger partial charge in [-0.2, -0.15) is 0 Å². The summed E-state index contributed by atoms with van der Waals surface area (Å²) in [6.45, 7) is 1.45. The first-order chi connectivity index (χ1) is 12.1. The number of hydrogen-bond donors (Lipinski definition) is 3. The number of likely N-dealkylation sites (tertiary alicyclic amines) is 1. The van der Waals surface area contributed by atoms with Gasteiger partial charge in [-0.15, -0.1) is 0 Å². The molecule has 1 saturated heterocycles. The Labute approximate surface area is 146 Å². The minimum absolute atomic E-state index is 0.101. The van der Waals surface area contributed by atoms with E-state index in [2.05, 4.69) is 16.4 Å². The number of nitrogens with one attached hydrogen (secondary N) is 2. The Kier molecular flexibility index (Phi) is 3.90. The molecule has 1 aromatic carbocycles. The monoisotopic (exact) mass is 341 g/mol. The first-order valence-corrected chi connectivity index (χ1v) is 8.91. The average molecular weight is 341 g/mol. The highest BCUT2D eigenvalue weighted by Crippen LogP contribution is 2.48. The predicted octanol–water partition coefficient (Wildman–Crippen LogP) is 2.61. The summed E-state index contributed by atoms with van der Waals surface area (Å²) in [5.74, 6) is -0.645. The summed E-state index contributed by atoms with van der Waals surface area (Å²) < 4.78 is 0. The van der Waals surface area contributed by atoms with Crippen molar-refractivity contribution < 1.29 is 14.7 Å². The fraction of sp³-hybridized carbons (Fsp3) is 0.474. The Bertz CT molecular complexity index is 815. The molecule has 2 fully saturated rings. The molecule has 0 spiro atoms. The lowest BCUT2D eigenvalue weighted by molar-refractivity contribution is -0.149. The molecule has 2 aliphatic rings. The molecule has 132 valence electrons. The van der Waals surface area contributed by atoms with Crippen molar-refractivity contribution in [1.29, 1.82) is 0 Å². The first kappa shape index (κ1) is 16.0. The number of carboxylic acids is 1. The van der Waals surface area contributed by atoms with E-state index < -0.39 is 11.4 Å². The van der Waals surface area contributed by atoms with Crippen LogP contribution in [0.3, 0.4) is 0 Å². The summed E-state index contributed by atoms with van der Waals surface area (Å²) in [4.78, 5) is 29.0. The zero-order chi connectivity index (χ0) is 17.4. The highest BCUT2D eigenvalue weighted by Gasteiger charge is 2.55. The summed E-state index contributed by atoms with van der Waals surface area (Å²) >= 11 is 0. The van der Waals surface area contributed by atoms with Gasteiger partial charge in [-0.3, -0.25) is 4.79 Å². The number of nitrogens with zero attached hydrogens (tertiary/aromatic N) is 1. The molecule has 0 unspecified atom stereocenters. The van der Waals surface area contributed by atoms with E-state index >= 15 is 0 Å². The van der Waals surface area contributed by atoms with Gasteiger partial charge in [0.1, 0.15) is 0 Å². The Morgan fingerprint density at radius 1 is 1.36 bits per heavy atom. The lowest BCUT2D eigenvalue weighted by Gasteiger charge is -2.23. The molecule has 1 aliphatic heterocycles. The number of aliphatic carboxylic acids is 1. The molecule has 3 N–H and O–H groups in total. The second-order valence-corrected chi connectivity index (χ2v) is 7.27. The van der Waals surface area contributed by atoms with E-state index in [-0.39, 0.29) is 11.9 Å². The van der Waals surface area contributed by atoms with Crippen molar-refractivity contribution >= 4 is 22.9 Å². The fourth-order valence-electron chi connectivity index (χ4n) is 4.58. The summed E-state index contributed by atoms with van der Waals surface area (Å²) in [6.07, 6.45) is 5.22. The van der Waals surface area contributed by atoms with Crippen LogP contribution >= 0.6 is 0 Å². The topological polar surface area (TPSA) is 85.4 Å². The van der Waals surface area contributed by atoms with Crippen LogP contribution < -0.4 is 5.32 Å². The number of aromatic nitrogens is 1. The Morgan fingerprint density at radius 2 is 2.24 bits per heavy atom. The smallest absolute Gasteiger partial charge is 0.317 e. The van der Waals surface area contributed by atoms with Crippen LogP contribution in [-0.4, -0.2) is 46.6 Å². The number of urea groups is 1. The third-order valence-electron chi connectivity index (χ3n) is 5.94. The number of carbonyl (C=O) groups is 2. The van der Waals surface area contributed by atoms with Crippen molar-refractivity contribution in [2.75, 3.05) is 19.6 Å². The van der Waals surface area contributed by atoms with Gasteiger partial charge in [0.2, 0.25) is 0 Å². The van der Waals surface area contributed by atoms with E-state index in [9.17, 15) is 14.7 Å². The van der Waals surface area contributed by atoms with Crippen molar-refractivity contribution in [3.8, 4) is 0 Å². The van der Waals surface area contributed by atoms with Crippen molar-refractivity contribution in [2.24, 2.45) is 11.3 Å². The van der Waals surface area contributed by atoms with Crippen LogP contribution in [0.25, 0.3) is 10.9 Å². The van der Waals surface area contributed by atoms with E-state index in [1.807, 2.05) is 24.4 Å².